The van der Waals surface area contributed by atoms with Crippen LogP contribution >= 0.6 is 0 Å². The Kier molecular flexibility index (Phi) is 8.08. The van der Waals surface area contributed by atoms with Crippen LogP contribution in [-0.4, -0.2) is 59.3 Å². The van der Waals surface area contributed by atoms with E-state index in [1.54, 1.807) is 6.07 Å². The fraction of sp³-hybridized carbons (Fsp3) is 0.391. The molecule has 3 aromatic rings. The van der Waals surface area contributed by atoms with Crippen molar-refractivity contribution in [3.63, 3.8) is 0 Å². The first-order valence-corrected chi connectivity index (χ1v) is 13.3. The van der Waals surface area contributed by atoms with E-state index in [4.69, 9.17) is 9.26 Å². The van der Waals surface area contributed by atoms with Crippen molar-refractivity contribution in [3.8, 4) is 5.88 Å². The van der Waals surface area contributed by atoms with Gasteiger partial charge in [0.2, 0.25) is 21.7 Å². The molecule has 0 radical (unpaired) electrons. The Balaban J connectivity index is 1.33. The van der Waals surface area contributed by atoms with Gasteiger partial charge in [0, 0.05) is 18.7 Å². The van der Waals surface area contributed by atoms with Crippen LogP contribution in [0.2, 0.25) is 0 Å². The van der Waals surface area contributed by atoms with Gasteiger partial charge >= 0.3 is 5.97 Å². The van der Waals surface area contributed by atoms with Crippen molar-refractivity contribution in [2.45, 2.75) is 56.2 Å². The van der Waals surface area contributed by atoms with Crippen LogP contribution in [-0.2, 0) is 27.7 Å². The highest BCUT2D eigenvalue weighted by molar-refractivity contribution is 7.89. The van der Waals surface area contributed by atoms with Gasteiger partial charge < -0.3 is 30.0 Å². The summed E-state index contributed by atoms with van der Waals surface area (Å²) in [4.78, 5) is 31.8. The number of nitrogens with zero attached hydrogens (tertiary/aromatic N) is 2. The molecule has 14 heteroatoms. The van der Waals surface area contributed by atoms with E-state index >= 15 is 0 Å². The van der Waals surface area contributed by atoms with Crippen molar-refractivity contribution < 1.29 is 32.4 Å². The average molecular weight is 533 g/mol. The van der Waals surface area contributed by atoms with Gasteiger partial charge in [0.25, 0.3) is 11.8 Å². The summed E-state index contributed by atoms with van der Waals surface area (Å²) in [7, 11) is -4.11. The van der Waals surface area contributed by atoms with Crippen LogP contribution in [0.15, 0.2) is 45.8 Å². The smallest absolute Gasteiger partial charge is 0.323 e. The van der Waals surface area contributed by atoms with Crippen LogP contribution in [0.3, 0.4) is 0 Å². The first-order valence-electron chi connectivity index (χ1n) is 11.8. The summed E-state index contributed by atoms with van der Waals surface area (Å²) in [6.45, 7) is 1.37. The van der Waals surface area contributed by atoms with Gasteiger partial charge in [-0.2, -0.15) is 4.72 Å². The van der Waals surface area contributed by atoms with E-state index in [-0.39, 0.29) is 16.5 Å². The van der Waals surface area contributed by atoms with Gasteiger partial charge in [0.1, 0.15) is 6.04 Å². The van der Waals surface area contributed by atoms with Crippen LogP contribution in [0.5, 0.6) is 5.88 Å². The minimum Gasteiger partial charge on any atom is -0.480 e. The number of aliphatic carboxylic acids is 1. The van der Waals surface area contributed by atoms with Crippen molar-refractivity contribution in [1.82, 2.24) is 25.2 Å². The number of fused-ring (bicyclic) bond motifs is 1. The molecule has 198 valence electrons. The van der Waals surface area contributed by atoms with E-state index in [1.807, 2.05) is 6.92 Å². The molecule has 1 amide bonds. The summed E-state index contributed by atoms with van der Waals surface area (Å²) in [6, 6.07) is 6.96. The molecule has 1 aliphatic rings. The Hall–Kier alpha value is -3.91. The number of ether oxygens (including phenoxy) is 1. The molecular formula is C23H28N6O7S. The molecule has 2 heterocycles. The molecule has 2 aromatic heterocycles. The second-order valence-electron chi connectivity index (χ2n) is 8.44. The third kappa shape index (κ3) is 6.65. The monoisotopic (exact) mass is 532 g/mol. The maximum Gasteiger partial charge on any atom is 0.323 e. The Labute approximate surface area is 213 Å². The highest BCUT2D eigenvalue weighted by atomic mass is 32.2. The van der Waals surface area contributed by atoms with E-state index in [2.05, 4.69) is 30.5 Å². The lowest BCUT2D eigenvalue weighted by molar-refractivity contribution is -0.138. The molecule has 1 aliphatic carbocycles. The van der Waals surface area contributed by atoms with Gasteiger partial charge in [-0.15, -0.1) is 0 Å². The Bertz CT molecular complexity index is 1320. The SMILES string of the molecule is CCC(Nc1nc2c([nH]1)CCCC2)Oc1cc(C(=O)NCC(NS(=O)(=O)c2ccccc2)C(=O)O)on1. The van der Waals surface area contributed by atoms with E-state index < -0.39 is 40.7 Å². The minimum absolute atomic E-state index is 0.0420. The number of nitrogens with one attached hydrogen (secondary N) is 4. The summed E-state index contributed by atoms with van der Waals surface area (Å²) < 4.78 is 37.7. The fourth-order valence-corrected chi connectivity index (χ4v) is 4.98. The molecule has 0 bridgehead atoms. The molecular weight excluding hydrogens is 504 g/mol. The lowest BCUT2D eigenvalue weighted by Gasteiger charge is -2.16. The zero-order valence-electron chi connectivity index (χ0n) is 20.1. The van der Waals surface area contributed by atoms with Gasteiger partial charge in [-0.1, -0.05) is 25.1 Å². The van der Waals surface area contributed by atoms with E-state index in [1.165, 1.54) is 30.3 Å². The fourth-order valence-electron chi connectivity index (χ4n) is 3.77. The molecule has 37 heavy (non-hydrogen) atoms. The number of sulfonamides is 1. The van der Waals surface area contributed by atoms with Crippen molar-refractivity contribution in [2.75, 3.05) is 11.9 Å². The summed E-state index contributed by atoms with van der Waals surface area (Å²) in [5.74, 6) is -1.84. The van der Waals surface area contributed by atoms with Gasteiger partial charge in [-0.3, -0.25) is 9.59 Å². The standard InChI is InChI=1S/C23H28N6O7S/c1-2-19(27-23-25-15-10-6-7-11-16(15)26-23)35-20-12-18(36-28-20)21(30)24-13-17(22(31)32)29-37(33,34)14-8-4-3-5-9-14/h3-5,8-9,12,17,19,29H,2,6-7,10-11,13H2,1H3,(H,24,30)(H,31,32)(H2,25,26,27). The number of aromatic nitrogens is 3. The number of amides is 1. The van der Waals surface area contributed by atoms with Crippen LogP contribution in [0.4, 0.5) is 5.95 Å². The maximum absolute atomic E-state index is 12.5. The number of benzene rings is 1. The highest BCUT2D eigenvalue weighted by Crippen LogP contribution is 2.22. The highest BCUT2D eigenvalue weighted by Gasteiger charge is 2.27. The molecule has 2 atom stereocenters. The molecule has 4 rings (SSSR count). The topological polar surface area (TPSA) is 189 Å². The number of H-pyrrole nitrogens is 1. The number of carbonyl (C=O) groups excluding carboxylic acids is 1. The van der Waals surface area contributed by atoms with E-state index in [0.29, 0.717) is 12.4 Å². The molecule has 0 spiro atoms. The molecule has 2 unspecified atom stereocenters. The lowest BCUT2D eigenvalue weighted by Crippen LogP contribution is -2.48. The maximum atomic E-state index is 12.5. The van der Waals surface area contributed by atoms with Crippen LogP contribution in [0.25, 0.3) is 0 Å². The molecule has 0 fully saturated rings. The second-order valence-corrected chi connectivity index (χ2v) is 10.2. The Morgan fingerprint density at radius 1 is 1.22 bits per heavy atom. The van der Waals surface area contributed by atoms with Crippen molar-refractivity contribution >= 4 is 27.8 Å². The minimum atomic E-state index is -4.11. The first-order chi connectivity index (χ1) is 17.7. The van der Waals surface area contributed by atoms with Crippen molar-refractivity contribution in [1.29, 1.82) is 0 Å². The van der Waals surface area contributed by atoms with Gasteiger partial charge in [-0.05, 0) is 43.0 Å². The van der Waals surface area contributed by atoms with Crippen LogP contribution < -0.4 is 20.1 Å². The number of hydrogen-bond acceptors (Lipinski definition) is 9. The first kappa shape index (κ1) is 26.2. The van der Waals surface area contributed by atoms with Gasteiger partial charge in [0.05, 0.1) is 16.7 Å². The molecule has 1 aromatic carbocycles. The predicted molar refractivity (Wildman–Crippen MR) is 131 cm³/mol. The number of rotatable bonds is 12. The average Bonchev–Trinajstić information content (AvgIpc) is 3.53. The number of hydrogen-bond donors (Lipinski definition) is 5. The summed E-state index contributed by atoms with van der Waals surface area (Å²) in [5, 5.41) is 18.7. The zero-order valence-corrected chi connectivity index (χ0v) is 20.9. The number of carboxylic acids is 1. The predicted octanol–water partition coefficient (Wildman–Crippen LogP) is 1.66. The third-order valence-electron chi connectivity index (χ3n) is 5.71. The molecule has 5 N–H and O–H groups in total. The number of anilines is 1. The second kappa shape index (κ2) is 11.4. The molecule has 0 aliphatic heterocycles. The number of aryl methyl sites for hydroxylation is 2. The number of carbonyl (C=O) groups is 2. The van der Waals surface area contributed by atoms with Crippen molar-refractivity contribution in [2.24, 2.45) is 0 Å². The van der Waals surface area contributed by atoms with Gasteiger partial charge in [-0.25, -0.2) is 13.4 Å². The quantitative estimate of drug-likeness (QED) is 0.215. The number of carboxylic acid groups (broad SMARTS) is 1. The largest absolute Gasteiger partial charge is 0.480 e. The van der Waals surface area contributed by atoms with Crippen molar-refractivity contribution in [3.05, 3.63) is 53.5 Å². The van der Waals surface area contributed by atoms with Crippen LogP contribution in [0.1, 0.15) is 48.1 Å². The number of aromatic amines is 1. The lowest BCUT2D eigenvalue weighted by atomic mass is 10.0. The molecule has 0 saturated heterocycles. The molecule has 0 saturated carbocycles. The van der Waals surface area contributed by atoms with E-state index in [0.717, 1.165) is 37.1 Å². The van der Waals surface area contributed by atoms with E-state index in [9.17, 15) is 23.1 Å². The Morgan fingerprint density at radius 2 is 1.97 bits per heavy atom. The van der Waals surface area contributed by atoms with Crippen LogP contribution in [0, 0.1) is 0 Å². The molecule has 13 nitrogen and oxygen atoms in total. The number of imidazole rings is 1. The summed E-state index contributed by atoms with van der Waals surface area (Å²) >= 11 is 0. The summed E-state index contributed by atoms with van der Waals surface area (Å²) in [5.41, 5.74) is 2.17. The zero-order chi connectivity index (χ0) is 26.4. The third-order valence-corrected chi connectivity index (χ3v) is 7.20. The summed E-state index contributed by atoms with van der Waals surface area (Å²) in [6.07, 6.45) is 4.18. The Morgan fingerprint density at radius 3 is 2.68 bits per heavy atom. The van der Waals surface area contributed by atoms with Gasteiger partial charge in [0.15, 0.2) is 6.23 Å². The normalized spacial score (nSPS) is 14.8.